The molecule has 1 nitrogen and oxygen atoms in total. The first kappa shape index (κ1) is 12.0. The van der Waals surface area contributed by atoms with E-state index in [-0.39, 0.29) is 0 Å². The number of aromatic nitrogens is 1. The van der Waals surface area contributed by atoms with Gasteiger partial charge in [0.2, 0.25) is 0 Å². The van der Waals surface area contributed by atoms with Gasteiger partial charge in [-0.15, -0.1) is 0 Å². The molecule has 1 heteroatoms. The van der Waals surface area contributed by atoms with E-state index in [0.29, 0.717) is 0 Å². The summed E-state index contributed by atoms with van der Waals surface area (Å²) in [4.78, 5) is 3.68. The first-order valence-corrected chi connectivity index (χ1v) is 7.84. The molecule has 20 heavy (non-hydrogen) atoms. The molecule has 4 rings (SSSR count). The molecule has 3 aromatic rings. The highest BCUT2D eigenvalue weighted by Gasteiger charge is 2.21. The van der Waals surface area contributed by atoms with Gasteiger partial charge < -0.3 is 4.98 Å². The number of rotatable bonds is 1. The molecule has 1 aliphatic carbocycles. The minimum absolute atomic E-state index is 0.750. The van der Waals surface area contributed by atoms with Crippen molar-refractivity contribution in [2.75, 3.05) is 0 Å². The van der Waals surface area contributed by atoms with Crippen LogP contribution in [-0.4, -0.2) is 4.98 Å². The van der Waals surface area contributed by atoms with E-state index in [4.69, 9.17) is 0 Å². The molecule has 0 saturated heterocycles. The van der Waals surface area contributed by atoms with Crippen molar-refractivity contribution in [3.8, 4) is 0 Å². The van der Waals surface area contributed by atoms with Crippen LogP contribution in [-0.2, 0) is 0 Å². The molecule has 1 saturated carbocycles. The third-order valence-electron chi connectivity index (χ3n) is 4.95. The van der Waals surface area contributed by atoms with Crippen LogP contribution in [0.2, 0.25) is 0 Å². The Morgan fingerprint density at radius 1 is 0.900 bits per heavy atom. The van der Waals surface area contributed by atoms with Crippen molar-refractivity contribution < 1.29 is 0 Å². The molecule has 0 aliphatic heterocycles. The number of fused-ring (bicyclic) bond motifs is 3. The van der Waals surface area contributed by atoms with E-state index in [9.17, 15) is 0 Å². The Morgan fingerprint density at radius 3 is 2.55 bits per heavy atom. The third-order valence-corrected chi connectivity index (χ3v) is 4.95. The summed E-state index contributed by atoms with van der Waals surface area (Å²) in [5, 5.41) is 2.76. The van der Waals surface area contributed by atoms with Gasteiger partial charge in [-0.3, -0.25) is 0 Å². The molecule has 102 valence electrons. The molecule has 0 radical (unpaired) electrons. The number of aromatic amines is 1. The van der Waals surface area contributed by atoms with Crippen LogP contribution in [0, 0.1) is 6.92 Å². The molecule has 0 spiro atoms. The molecule has 0 unspecified atom stereocenters. The van der Waals surface area contributed by atoms with E-state index in [1.165, 1.54) is 59.5 Å². The molecule has 2 aromatic carbocycles. The highest BCUT2D eigenvalue weighted by molar-refractivity contribution is 6.08. The quantitative estimate of drug-likeness (QED) is 0.581. The molecule has 1 heterocycles. The van der Waals surface area contributed by atoms with Crippen molar-refractivity contribution >= 4 is 21.8 Å². The van der Waals surface area contributed by atoms with Gasteiger partial charge in [0, 0.05) is 16.3 Å². The van der Waals surface area contributed by atoms with Crippen LogP contribution in [0.25, 0.3) is 21.8 Å². The lowest BCUT2D eigenvalue weighted by atomic mass is 9.81. The summed E-state index contributed by atoms with van der Waals surface area (Å²) in [5.41, 5.74) is 5.69. The molecule has 0 amide bonds. The van der Waals surface area contributed by atoms with Crippen molar-refractivity contribution in [1.82, 2.24) is 4.98 Å². The Hall–Kier alpha value is -1.76. The van der Waals surface area contributed by atoms with Crippen LogP contribution in [0.1, 0.15) is 49.1 Å². The number of hydrogen-bond donors (Lipinski definition) is 1. The number of benzene rings is 2. The average Bonchev–Trinajstić information content (AvgIpc) is 2.86. The molecule has 0 atom stereocenters. The molecular formula is C19H21N. The second-order valence-corrected chi connectivity index (χ2v) is 6.22. The maximum atomic E-state index is 3.68. The molecular weight excluding hydrogens is 242 g/mol. The van der Waals surface area contributed by atoms with Crippen LogP contribution < -0.4 is 0 Å². The Labute approximate surface area is 120 Å². The summed E-state index contributed by atoms with van der Waals surface area (Å²) in [6.07, 6.45) is 6.91. The maximum Gasteiger partial charge on any atom is 0.0502 e. The normalized spacial score (nSPS) is 17.1. The van der Waals surface area contributed by atoms with Gasteiger partial charge in [0.15, 0.2) is 0 Å². The van der Waals surface area contributed by atoms with Crippen molar-refractivity contribution in [2.24, 2.45) is 0 Å². The minimum Gasteiger partial charge on any atom is -0.354 e. The van der Waals surface area contributed by atoms with Crippen LogP contribution in [0.3, 0.4) is 0 Å². The Balaban J connectivity index is 2.00. The average molecular weight is 263 g/mol. The van der Waals surface area contributed by atoms with E-state index in [0.717, 1.165) is 5.92 Å². The standard InChI is InChI=1S/C19H21N/c1-13-11-12-16-15-9-5-6-10-17(15)20-19(16)18(13)14-7-3-2-4-8-14/h5-6,9-12,14,20H,2-4,7-8H2,1H3. The fraction of sp³-hybridized carbons (Fsp3) is 0.368. The zero-order chi connectivity index (χ0) is 13.5. The van der Waals surface area contributed by atoms with E-state index < -0.39 is 0 Å². The summed E-state index contributed by atoms with van der Waals surface area (Å²) in [5.74, 6) is 0.750. The summed E-state index contributed by atoms with van der Waals surface area (Å²) in [6, 6.07) is 13.3. The molecule has 0 bridgehead atoms. The first-order valence-electron chi connectivity index (χ1n) is 7.84. The number of hydrogen-bond acceptors (Lipinski definition) is 0. The lowest BCUT2D eigenvalue weighted by molar-refractivity contribution is 0.444. The number of aryl methyl sites for hydroxylation is 1. The SMILES string of the molecule is Cc1ccc2c([nH]c3ccccc32)c1C1CCCCC1. The van der Waals surface area contributed by atoms with E-state index in [1.54, 1.807) is 5.56 Å². The van der Waals surface area contributed by atoms with Gasteiger partial charge in [0.25, 0.3) is 0 Å². The number of para-hydroxylation sites is 1. The van der Waals surface area contributed by atoms with Crippen LogP contribution >= 0.6 is 0 Å². The number of nitrogens with one attached hydrogen (secondary N) is 1. The van der Waals surface area contributed by atoms with Crippen molar-refractivity contribution in [2.45, 2.75) is 44.9 Å². The van der Waals surface area contributed by atoms with Gasteiger partial charge in [0.05, 0.1) is 5.52 Å². The van der Waals surface area contributed by atoms with Gasteiger partial charge in [-0.05, 0) is 42.9 Å². The van der Waals surface area contributed by atoms with Crippen molar-refractivity contribution in [3.63, 3.8) is 0 Å². The van der Waals surface area contributed by atoms with Gasteiger partial charge in [-0.1, -0.05) is 49.6 Å². The fourth-order valence-corrected chi connectivity index (χ4v) is 3.96. The lowest BCUT2D eigenvalue weighted by Gasteiger charge is -2.24. The highest BCUT2D eigenvalue weighted by Crippen LogP contribution is 2.39. The molecule has 1 aromatic heterocycles. The smallest absolute Gasteiger partial charge is 0.0502 e. The molecule has 1 aliphatic rings. The van der Waals surface area contributed by atoms with Crippen molar-refractivity contribution in [3.05, 3.63) is 47.5 Å². The van der Waals surface area contributed by atoms with E-state index in [2.05, 4.69) is 48.3 Å². The van der Waals surface area contributed by atoms with Gasteiger partial charge in [-0.2, -0.15) is 0 Å². The van der Waals surface area contributed by atoms with E-state index >= 15 is 0 Å². The maximum absolute atomic E-state index is 3.68. The predicted molar refractivity (Wildman–Crippen MR) is 86.4 cm³/mol. The summed E-state index contributed by atoms with van der Waals surface area (Å²) in [7, 11) is 0. The number of H-pyrrole nitrogens is 1. The predicted octanol–water partition coefficient (Wildman–Crippen LogP) is 5.68. The van der Waals surface area contributed by atoms with Crippen LogP contribution in [0.5, 0.6) is 0 Å². The zero-order valence-corrected chi connectivity index (χ0v) is 12.1. The van der Waals surface area contributed by atoms with Gasteiger partial charge >= 0.3 is 0 Å². The van der Waals surface area contributed by atoms with Crippen molar-refractivity contribution in [1.29, 1.82) is 0 Å². The summed E-state index contributed by atoms with van der Waals surface area (Å²) in [6.45, 7) is 2.27. The van der Waals surface area contributed by atoms with Crippen LogP contribution in [0.4, 0.5) is 0 Å². The summed E-state index contributed by atoms with van der Waals surface area (Å²) >= 11 is 0. The Bertz CT molecular complexity index is 760. The molecule has 1 fully saturated rings. The second-order valence-electron chi connectivity index (χ2n) is 6.22. The van der Waals surface area contributed by atoms with Gasteiger partial charge in [0.1, 0.15) is 0 Å². The zero-order valence-electron chi connectivity index (χ0n) is 12.1. The summed E-state index contributed by atoms with van der Waals surface area (Å²) < 4.78 is 0. The third kappa shape index (κ3) is 1.76. The minimum atomic E-state index is 0.750. The van der Waals surface area contributed by atoms with Gasteiger partial charge in [-0.25, -0.2) is 0 Å². The van der Waals surface area contributed by atoms with E-state index in [1.807, 2.05) is 0 Å². The van der Waals surface area contributed by atoms with Crippen LogP contribution in [0.15, 0.2) is 36.4 Å². The molecule has 1 N–H and O–H groups in total. The Kier molecular flexibility index (Phi) is 2.80. The topological polar surface area (TPSA) is 15.8 Å². The highest BCUT2D eigenvalue weighted by atomic mass is 14.7. The fourth-order valence-electron chi connectivity index (χ4n) is 3.96. The lowest BCUT2D eigenvalue weighted by Crippen LogP contribution is -2.06. The Morgan fingerprint density at radius 2 is 1.70 bits per heavy atom. The first-order chi connectivity index (χ1) is 9.84. The largest absolute Gasteiger partial charge is 0.354 e. The second kappa shape index (κ2) is 4.66. The monoisotopic (exact) mass is 263 g/mol.